The molecule has 0 saturated carbocycles. The van der Waals surface area contributed by atoms with Gasteiger partial charge in [-0.2, -0.15) is 0 Å². The molecule has 1 amide bonds. The largest absolute Gasteiger partial charge is 0.368 e. The molecular formula is C19H19N3O2S. The minimum Gasteiger partial charge on any atom is -0.368 e. The van der Waals surface area contributed by atoms with E-state index in [9.17, 15) is 4.79 Å². The van der Waals surface area contributed by atoms with Gasteiger partial charge in [0.1, 0.15) is 6.10 Å². The molecule has 1 atom stereocenters. The van der Waals surface area contributed by atoms with Crippen LogP contribution in [0.2, 0.25) is 0 Å². The molecule has 1 aliphatic heterocycles. The third kappa shape index (κ3) is 3.81. The minimum atomic E-state index is -0.315. The molecule has 2 aromatic carbocycles. The van der Waals surface area contributed by atoms with Crippen LogP contribution in [0.3, 0.4) is 0 Å². The van der Waals surface area contributed by atoms with Crippen molar-refractivity contribution in [2.24, 2.45) is 0 Å². The number of benzene rings is 2. The molecule has 1 fully saturated rings. The average molecular weight is 353 g/mol. The van der Waals surface area contributed by atoms with Crippen LogP contribution in [0.25, 0.3) is 10.2 Å². The van der Waals surface area contributed by atoms with Gasteiger partial charge in [-0.15, -0.1) is 0 Å². The molecule has 0 bridgehead atoms. The smallest absolute Gasteiger partial charge is 0.253 e. The number of hydrogen-bond acceptors (Lipinski definition) is 5. The lowest BCUT2D eigenvalue weighted by molar-refractivity contribution is -0.124. The standard InChI is InChI=1S/C19H19N3O2S/c23-18(16-8-4-10-24-16)21-14-6-3-5-13(11-14)12-20-19-22-15-7-1-2-9-17(15)25-19/h1-3,5-7,9,11,16H,4,8,10,12H2,(H,20,22)(H,21,23). The summed E-state index contributed by atoms with van der Waals surface area (Å²) >= 11 is 1.64. The summed E-state index contributed by atoms with van der Waals surface area (Å²) in [5.41, 5.74) is 2.89. The van der Waals surface area contributed by atoms with Crippen molar-refractivity contribution < 1.29 is 9.53 Å². The summed E-state index contributed by atoms with van der Waals surface area (Å²) in [6, 6.07) is 15.9. The van der Waals surface area contributed by atoms with Crippen molar-refractivity contribution >= 4 is 38.3 Å². The van der Waals surface area contributed by atoms with Crippen molar-refractivity contribution in [2.75, 3.05) is 17.2 Å². The second kappa shape index (κ2) is 7.21. The van der Waals surface area contributed by atoms with Crippen LogP contribution in [0.4, 0.5) is 10.8 Å². The van der Waals surface area contributed by atoms with Crippen molar-refractivity contribution in [3.05, 3.63) is 54.1 Å². The molecule has 1 saturated heterocycles. The number of hydrogen-bond donors (Lipinski definition) is 2. The number of fused-ring (bicyclic) bond motifs is 1. The lowest BCUT2D eigenvalue weighted by atomic mass is 10.2. The number of carbonyl (C=O) groups excluding carboxylic acids is 1. The van der Waals surface area contributed by atoms with Crippen LogP contribution in [0.5, 0.6) is 0 Å². The zero-order chi connectivity index (χ0) is 17.1. The summed E-state index contributed by atoms with van der Waals surface area (Å²) in [5.74, 6) is -0.0613. The highest BCUT2D eigenvalue weighted by atomic mass is 32.1. The third-order valence-electron chi connectivity index (χ3n) is 4.15. The van der Waals surface area contributed by atoms with E-state index in [0.29, 0.717) is 13.2 Å². The van der Waals surface area contributed by atoms with Crippen molar-refractivity contribution in [1.29, 1.82) is 0 Å². The van der Waals surface area contributed by atoms with Gasteiger partial charge in [0.25, 0.3) is 5.91 Å². The fourth-order valence-electron chi connectivity index (χ4n) is 2.89. The van der Waals surface area contributed by atoms with Gasteiger partial charge in [-0.25, -0.2) is 4.98 Å². The molecule has 0 aliphatic carbocycles. The highest BCUT2D eigenvalue weighted by molar-refractivity contribution is 7.22. The molecule has 1 aromatic heterocycles. The maximum atomic E-state index is 12.1. The van der Waals surface area contributed by atoms with Gasteiger partial charge >= 0.3 is 0 Å². The molecule has 0 radical (unpaired) electrons. The Morgan fingerprint density at radius 1 is 1.24 bits per heavy atom. The molecule has 4 rings (SSSR count). The Labute approximate surface area is 150 Å². The Morgan fingerprint density at radius 3 is 3.00 bits per heavy atom. The molecule has 1 unspecified atom stereocenters. The van der Waals surface area contributed by atoms with E-state index in [-0.39, 0.29) is 12.0 Å². The van der Waals surface area contributed by atoms with Gasteiger partial charge in [0.05, 0.1) is 10.2 Å². The minimum absolute atomic E-state index is 0.0613. The van der Waals surface area contributed by atoms with Crippen molar-refractivity contribution in [2.45, 2.75) is 25.5 Å². The van der Waals surface area contributed by atoms with Crippen LogP contribution in [0.15, 0.2) is 48.5 Å². The van der Waals surface area contributed by atoms with Gasteiger partial charge in [0.2, 0.25) is 0 Å². The zero-order valence-electron chi connectivity index (χ0n) is 13.7. The number of rotatable bonds is 5. The molecule has 128 valence electrons. The highest BCUT2D eigenvalue weighted by Gasteiger charge is 2.23. The fraction of sp³-hybridized carbons (Fsp3) is 0.263. The number of para-hydroxylation sites is 1. The molecule has 0 spiro atoms. The van der Waals surface area contributed by atoms with Crippen LogP contribution in [-0.4, -0.2) is 23.6 Å². The second-order valence-corrected chi connectivity index (χ2v) is 7.06. The zero-order valence-corrected chi connectivity index (χ0v) is 14.5. The van der Waals surface area contributed by atoms with Gasteiger partial charge in [-0.05, 0) is 42.7 Å². The molecule has 2 N–H and O–H groups in total. The first-order valence-electron chi connectivity index (χ1n) is 8.39. The van der Waals surface area contributed by atoms with Gasteiger partial charge in [-0.3, -0.25) is 4.79 Å². The molecule has 3 aromatic rings. The van der Waals surface area contributed by atoms with E-state index in [1.807, 2.05) is 42.5 Å². The summed E-state index contributed by atoms with van der Waals surface area (Å²) in [5, 5.41) is 7.19. The summed E-state index contributed by atoms with van der Waals surface area (Å²) in [6.45, 7) is 1.33. The lowest BCUT2D eigenvalue weighted by Gasteiger charge is -2.11. The number of nitrogens with zero attached hydrogens (tertiary/aromatic N) is 1. The number of aromatic nitrogens is 1. The molecule has 1 aliphatic rings. The van der Waals surface area contributed by atoms with Gasteiger partial charge in [0, 0.05) is 18.8 Å². The molecule has 5 nitrogen and oxygen atoms in total. The van der Waals surface area contributed by atoms with E-state index in [4.69, 9.17) is 4.74 Å². The third-order valence-corrected chi connectivity index (χ3v) is 5.15. The predicted molar refractivity (Wildman–Crippen MR) is 101 cm³/mol. The van der Waals surface area contributed by atoms with Crippen molar-refractivity contribution in [3.8, 4) is 0 Å². The first kappa shape index (κ1) is 16.1. The van der Waals surface area contributed by atoms with E-state index < -0.39 is 0 Å². The van der Waals surface area contributed by atoms with Crippen molar-refractivity contribution in [1.82, 2.24) is 4.98 Å². The Morgan fingerprint density at radius 2 is 2.16 bits per heavy atom. The number of thiazole rings is 1. The van der Waals surface area contributed by atoms with Gasteiger partial charge in [-0.1, -0.05) is 35.6 Å². The topological polar surface area (TPSA) is 63.2 Å². The van der Waals surface area contributed by atoms with Gasteiger partial charge < -0.3 is 15.4 Å². The van der Waals surface area contributed by atoms with E-state index in [2.05, 4.69) is 21.7 Å². The molecular weight excluding hydrogens is 334 g/mol. The Balaban J connectivity index is 1.39. The first-order valence-corrected chi connectivity index (χ1v) is 9.20. The summed E-state index contributed by atoms with van der Waals surface area (Å²) in [7, 11) is 0. The summed E-state index contributed by atoms with van der Waals surface area (Å²) in [4.78, 5) is 16.7. The average Bonchev–Trinajstić information content (AvgIpc) is 3.29. The Hall–Kier alpha value is -2.44. The quantitative estimate of drug-likeness (QED) is 0.727. The lowest BCUT2D eigenvalue weighted by Crippen LogP contribution is -2.26. The molecule has 2 heterocycles. The van der Waals surface area contributed by atoms with Crippen molar-refractivity contribution in [3.63, 3.8) is 0 Å². The Bertz CT molecular complexity index is 854. The predicted octanol–water partition coefficient (Wildman–Crippen LogP) is 4.03. The van der Waals surface area contributed by atoms with Crippen LogP contribution in [0, 0.1) is 0 Å². The summed E-state index contributed by atoms with van der Waals surface area (Å²) in [6.07, 6.45) is 1.43. The first-order chi connectivity index (χ1) is 12.3. The fourth-order valence-corrected chi connectivity index (χ4v) is 3.75. The SMILES string of the molecule is O=C(Nc1cccc(CNc2nc3ccccc3s2)c1)C1CCCO1. The van der Waals surface area contributed by atoms with Gasteiger partial charge in [0.15, 0.2) is 5.13 Å². The maximum Gasteiger partial charge on any atom is 0.253 e. The summed E-state index contributed by atoms with van der Waals surface area (Å²) < 4.78 is 6.59. The monoisotopic (exact) mass is 353 g/mol. The second-order valence-electron chi connectivity index (χ2n) is 6.03. The van der Waals surface area contributed by atoms with Crippen LogP contribution < -0.4 is 10.6 Å². The molecule has 6 heteroatoms. The normalized spacial score (nSPS) is 16.9. The maximum absolute atomic E-state index is 12.1. The number of nitrogens with one attached hydrogen (secondary N) is 2. The number of anilines is 2. The number of ether oxygens (including phenoxy) is 1. The van der Waals surface area contributed by atoms with E-state index in [0.717, 1.165) is 34.7 Å². The number of amides is 1. The van der Waals surface area contributed by atoms with E-state index in [1.54, 1.807) is 11.3 Å². The van der Waals surface area contributed by atoms with Crippen LogP contribution in [-0.2, 0) is 16.1 Å². The highest BCUT2D eigenvalue weighted by Crippen LogP contribution is 2.26. The Kier molecular flexibility index (Phi) is 4.63. The molecule has 25 heavy (non-hydrogen) atoms. The van der Waals surface area contributed by atoms with E-state index >= 15 is 0 Å². The van der Waals surface area contributed by atoms with Crippen LogP contribution in [0.1, 0.15) is 18.4 Å². The van der Waals surface area contributed by atoms with E-state index in [1.165, 1.54) is 4.70 Å². The van der Waals surface area contributed by atoms with Crippen LogP contribution >= 0.6 is 11.3 Å². The number of carbonyl (C=O) groups is 1.